The number of amides is 2. The number of hydrogen-bond acceptors (Lipinski definition) is 9. The van der Waals surface area contributed by atoms with Crippen molar-refractivity contribution < 1.29 is 23.8 Å². The number of nitrogens with zero attached hydrogens (tertiary/aromatic N) is 5. The van der Waals surface area contributed by atoms with Crippen LogP contribution in [0.1, 0.15) is 81.8 Å². The number of carbonyl (C=O) groups is 2. The third kappa shape index (κ3) is 8.51. The fraction of sp³-hybridized carbons (Fsp3) is 0.594. The molecule has 5 rings (SSSR count). The van der Waals surface area contributed by atoms with E-state index in [0.29, 0.717) is 35.1 Å². The van der Waals surface area contributed by atoms with E-state index >= 15 is 0 Å². The Labute approximate surface area is 263 Å². The fourth-order valence-electron chi connectivity index (χ4n) is 5.88. The van der Waals surface area contributed by atoms with Crippen molar-refractivity contribution in [2.75, 3.05) is 31.1 Å². The van der Waals surface area contributed by atoms with E-state index in [-0.39, 0.29) is 36.4 Å². The summed E-state index contributed by atoms with van der Waals surface area (Å²) in [6.07, 6.45) is 5.64. The third-order valence-corrected chi connectivity index (χ3v) is 8.52. The number of carbonyl (C=O) groups excluding carboxylic acids is 2. The molecule has 0 spiro atoms. The van der Waals surface area contributed by atoms with Crippen LogP contribution in [0.4, 0.5) is 10.6 Å². The summed E-state index contributed by atoms with van der Waals surface area (Å²) in [5.41, 5.74) is 0.217. The summed E-state index contributed by atoms with van der Waals surface area (Å²) >= 11 is 6.12. The summed E-state index contributed by atoms with van der Waals surface area (Å²) in [6, 6.07) is 10.8. The van der Waals surface area contributed by atoms with Crippen LogP contribution < -0.4 is 15.0 Å². The third-order valence-electron chi connectivity index (χ3n) is 8.20. The molecular weight excluding hydrogens is 584 g/mol. The summed E-state index contributed by atoms with van der Waals surface area (Å²) in [5.74, 6) is 1.17. The highest BCUT2D eigenvalue weighted by molar-refractivity contribution is 6.31. The Morgan fingerprint density at radius 2 is 1.68 bits per heavy atom. The Morgan fingerprint density at radius 1 is 0.955 bits per heavy atom. The zero-order valence-corrected chi connectivity index (χ0v) is 26.4. The summed E-state index contributed by atoms with van der Waals surface area (Å²) < 4.78 is 17.9. The number of hydrogen-bond donors (Lipinski definition) is 1. The van der Waals surface area contributed by atoms with E-state index in [0.717, 1.165) is 63.9 Å². The molecule has 1 aliphatic carbocycles. The zero-order valence-electron chi connectivity index (χ0n) is 25.6. The lowest BCUT2D eigenvalue weighted by Crippen LogP contribution is -2.41. The molecule has 0 bridgehead atoms. The SMILES string of the molecule is CC(C)(C)OC(=O)N1CC[C@H](OC2CCN(c3ccc(C(=O)N[C@H]4CC[C@H](Oc5ccc(C#N)c(Cl)c5)CC4)nn3)CC2)C1. The van der Waals surface area contributed by atoms with Crippen LogP contribution in [0, 0.1) is 11.3 Å². The van der Waals surface area contributed by atoms with Crippen molar-refractivity contribution in [2.45, 2.75) is 95.7 Å². The summed E-state index contributed by atoms with van der Waals surface area (Å²) in [6.45, 7) is 8.40. The molecule has 0 unspecified atom stereocenters. The van der Waals surface area contributed by atoms with Crippen LogP contribution in [0.5, 0.6) is 5.75 Å². The minimum absolute atomic E-state index is 0.0286. The van der Waals surface area contributed by atoms with Gasteiger partial charge in [0.05, 0.1) is 35.4 Å². The van der Waals surface area contributed by atoms with Crippen LogP contribution in [0.3, 0.4) is 0 Å². The van der Waals surface area contributed by atoms with Gasteiger partial charge in [0.1, 0.15) is 17.4 Å². The van der Waals surface area contributed by atoms with Crippen molar-refractivity contribution in [3.63, 3.8) is 0 Å². The lowest BCUT2D eigenvalue weighted by Gasteiger charge is -2.33. The predicted molar refractivity (Wildman–Crippen MR) is 165 cm³/mol. The largest absolute Gasteiger partial charge is 0.490 e. The number of piperidine rings is 1. The molecule has 3 heterocycles. The van der Waals surface area contributed by atoms with Crippen molar-refractivity contribution in [1.82, 2.24) is 20.4 Å². The first-order valence-corrected chi connectivity index (χ1v) is 15.8. The van der Waals surface area contributed by atoms with Gasteiger partial charge in [-0.05, 0) is 90.0 Å². The van der Waals surface area contributed by atoms with Crippen LogP contribution in [-0.4, -0.2) is 83.2 Å². The number of likely N-dealkylation sites (tertiary alicyclic amines) is 1. The van der Waals surface area contributed by atoms with Gasteiger partial charge in [0.15, 0.2) is 11.5 Å². The maximum absolute atomic E-state index is 12.9. The number of anilines is 1. The Morgan fingerprint density at radius 3 is 2.32 bits per heavy atom. The van der Waals surface area contributed by atoms with Crippen LogP contribution in [-0.2, 0) is 9.47 Å². The van der Waals surface area contributed by atoms with E-state index in [1.165, 1.54) is 0 Å². The van der Waals surface area contributed by atoms with Gasteiger partial charge in [0.2, 0.25) is 0 Å². The van der Waals surface area contributed by atoms with Gasteiger partial charge in [-0.15, -0.1) is 10.2 Å². The number of ether oxygens (including phenoxy) is 3. The van der Waals surface area contributed by atoms with Crippen LogP contribution in [0.15, 0.2) is 30.3 Å². The molecule has 2 amide bonds. The predicted octanol–water partition coefficient (Wildman–Crippen LogP) is 5.12. The highest BCUT2D eigenvalue weighted by Gasteiger charge is 2.33. The molecule has 236 valence electrons. The number of nitrogens with one attached hydrogen (secondary N) is 1. The van der Waals surface area contributed by atoms with Crippen molar-refractivity contribution in [2.24, 2.45) is 0 Å². The molecule has 1 saturated carbocycles. The second-order valence-electron chi connectivity index (χ2n) is 12.8. The second-order valence-corrected chi connectivity index (χ2v) is 13.2. The van der Waals surface area contributed by atoms with E-state index in [4.69, 9.17) is 31.1 Å². The smallest absolute Gasteiger partial charge is 0.410 e. The first-order chi connectivity index (χ1) is 21.1. The van der Waals surface area contributed by atoms with Gasteiger partial charge in [-0.2, -0.15) is 5.26 Å². The molecule has 12 heteroatoms. The molecule has 1 aromatic carbocycles. The molecule has 11 nitrogen and oxygen atoms in total. The van der Waals surface area contributed by atoms with Crippen molar-refractivity contribution >= 4 is 29.4 Å². The molecule has 44 heavy (non-hydrogen) atoms. The lowest BCUT2D eigenvalue weighted by atomic mass is 9.93. The van der Waals surface area contributed by atoms with Crippen LogP contribution in [0.2, 0.25) is 5.02 Å². The molecule has 2 saturated heterocycles. The molecular formula is C32H41ClN6O5. The normalized spacial score (nSPS) is 22.8. The van der Waals surface area contributed by atoms with Crippen molar-refractivity contribution in [1.29, 1.82) is 5.26 Å². The van der Waals surface area contributed by atoms with Gasteiger partial charge >= 0.3 is 6.09 Å². The van der Waals surface area contributed by atoms with E-state index in [1.807, 2.05) is 32.9 Å². The highest BCUT2D eigenvalue weighted by Crippen LogP contribution is 2.28. The molecule has 2 aromatic rings. The van der Waals surface area contributed by atoms with Crippen LogP contribution in [0.25, 0.3) is 0 Å². The monoisotopic (exact) mass is 624 g/mol. The van der Waals surface area contributed by atoms with E-state index in [1.54, 1.807) is 29.2 Å². The Kier molecular flexibility index (Phi) is 10.1. The second kappa shape index (κ2) is 14.0. The fourth-order valence-corrected chi connectivity index (χ4v) is 6.09. The van der Waals surface area contributed by atoms with Crippen LogP contribution >= 0.6 is 11.6 Å². The lowest BCUT2D eigenvalue weighted by molar-refractivity contribution is -0.0209. The molecule has 1 aromatic heterocycles. The molecule has 3 fully saturated rings. The average Bonchev–Trinajstić information content (AvgIpc) is 3.47. The Bertz CT molecular complexity index is 1340. The molecule has 2 aliphatic heterocycles. The van der Waals surface area contributed by atoms with Gasteiger partial charge in [0.25, 0.3) is 5.91 Å². The van der Waals surface area contributed by atoms with E-state index in [9.17, 15) is 9.59 Å². The summed E-state index contributed by atoms with van der Waals surface area (Å²) in [5, 5.41) is 21.1. The first-order valence-electron chi connectivity index (χ1n) is 15.5. The molecule has 3 aliphatic rings. The average molecular weight is 625 g/mol. The minimum atomic E-state index is -0.505. The van der Waals surface area contributed by atoms with Crippen molar-refractivity contribution in [3.05, 3.63) is 46.6 Å². The van der Waals surface area contributed by atoms with E-state index in [2.05, 4.69) is 20.4 Å². The molecule has 1 N–H and O–H groups in total. The summed E-state index contributed by atoms with van der Waals surface area (Å²) in [4.78, 5) is 29.1. The van der Waals surface area contributed by atoms with E-state index < -0.39 is 5.60 Å². The standard InChI is InChI=1S/C32H41ClN6O5/c1-32(2,3)44-31(41)39-17-14-26(20-39)43-24-12-15-38(16-13-24)29-11-10-28(36-37-29)30(40)35-22-5-8-23(9-6-22)42-25-7-4-21(19-34)27(33)18-25/h4,7,10-11,18,22-24,26H,5-6,8-9,12-17,20H2,1-3H3,(H,35,40)/t22-,23-,26-/m0/s1. The Balaban J connectivity index is 1.01. The zero-order chi connectivity index (χ0) is 31.3. The maximum atomic E-state index is 12.9. The van der Waals surface area contributed by atoms with Gasteiger partial charge in [-0.1, -0.05) is 11.6 Å². The van der Waals surface area contributed by atoms with Gasteiger partial charge in [0, 0.05) is 31.7 Å². The first kappa shape index (κ1) is 31.8. The molecule has 1 atom stereocenters. The van der Waals surface area contributed by atoms with Gasteiger partial charge < -0.3 is 29.3 Å². The number of nitriles is 1. The van der Waals surface area contributed by atoms with Gasteiger partial charge in [-0.25, -0.2) is 4.79 Å². The van der Waals surface area contributed by atoms with Gasteiger partial charge in [-0.3, -0.25) is 4.79 Å². The minimum Gasteiger partial charge on any atom is -0.490 e. The maximum Gasteiger partial charge on any atom is 0.410 e. The van der Waals surface area contributed by atoms with Crippen molar-refractivity contribution in [3.8, 4) is 11.8 Å². The topological polar surface area (TPSA) is 130 Å². The number of rotatable bonds is 7. The number of benzene rings is 1. The summed E-state index contributed by atoms with van der Waals surface area (Å²) in [7, 11) is 0. The highest BCUT2D eigenvalue weighted by atomic mass is 35.5. The molecule has 0 radical (unpaired) electrons. The Hall–Kier alpha value is -3.62. The quantitative estimate of drug-likeness (QED) is 0.446. The number of aromatic nitrogens is 2. The number of halogens is 1.